The van der Waals surface area contributed by atoms with Crippen LogP contribution in [0.5, 0.6) is 46.0 Å². The maximum absolute atomic E-state index is 13.6. The van der Waals surface area contributed by atoms with Gasteiger partial charge in [-0.3, -0.25) is 0 Å². The molecule has 0 aromatic heterocycles. The number of methoxy groups -OCH3 is 7. The van der Waals surface area contributed by atoms with Crippen molar-refractivity contribution in [3.63, 3.8) is 0 Å². The number of sulfone groups is 1. The van der Waals surface area contributed by atoms with Gasteiger partial charge < -0.3 is 38.3 Å². The zero-order valence-electron chi connectivity index (χ0n) is 22.9. The highest BCUT2D eigenvalue weighted by atomic mass is 32.2. The first-order chi connectivity index (χ1) is 18.7. The van der Waals surface area contributed by atoms with E-state index >= 15 is 0 Å². The van der Waals surface area contributed by atoms with E-state index in [0.29, 0.717) is 33.9 Å². The van der Waals surface area contributed by atoms with Crippen LogP contribution >= 0.6 is 0 Å². The van der Waals surface area contributed by atoms with Crippen LogP contribution in [0.2, 0.25) is 0 Å². The number of hydrogen-bond donors (Lipinski definition) is 1. The van der Waals surface area contributed by atoms with E-state index in [-0.39, 0.29) is 33.6 Å². The third kappa shape index (κ3) is 6.26. The first-order valence-electron chi connectivity index (χ1n) is 11.6. The molecule has 0 saturated carbocycles. The lowest BCUT2D eigenvalue weighted by Gasteiger charge is -2.15. The summed E-state index contributed by atoms with van der Waals surface area (Å²) in [6.45, 7) is 0. The van der Waals surface area contributed by atoms with E-state index in [1.54, 1.807) is 24.3 Å². The van der Waals surface area contributed by atoms with Crippen molar-refractivity contribution in [2.24, 2.45) is 0 Å². The van der Waals surface area contributed by atoms with Gasteiger partial charge in [-0.1, -0.05) is 12.2 Å². The maximum Gasteiger partial charge on any atom is 0.203 e. The molecule has 0 fully saturated rings. The zero-order valence-corrected chi connectivity index (χ0v) is 23.7. The van der Waals surface area contributed by atoms with Crippen molar-refractivity contribution in [2.75, 3.05) is 49.8 Å². The molecular weight excluding hydrogens is 528 g/mol. The van der Waals surface area contributed by atoms with E-state index in [4.69, 9.17) is 33.2 Å². The Morgan fingerprint density at radius 2 is 1.08 bits per heavy atom. The summed E-state index contributed by atoms with van der Waals surface area (Å²) in [6.07, 6.45) is 3.42. The van der Waals surface area contributed by atoms with Gasteiger partial charge in [0.15, 0.2) is 44.3 Å². The van der Waals surface area contributed by atoms with E-state index in [1.165, 1.54) is 74.0 Å². The lowest BCUT2D eigenvalue weighted by atomic mass is 10.1. The topological polar surface area (TPSA) is 119 Å². The summed E-state index contributed by atoms with van der Waals surface area (Å²) >= 11 is 0. The predicted octanol–water partition coefficient (Wildman–Crippen LogP) is 4.60. The molecule has 1 N–H and O–H groups in total. The first-order valence-corrected chi connectivity index (χ1v) is 13.2. The monoisotopic (exact) mass is 560 g/mol. The van der Waals surface area contributed by atoms with Crippen LogP contribution in [-0.2, 0) is 15.6 Å². The van der Waals surface area contributed by atoms with Crippen LogP contribution in [0.4, 0.5) is 0 Å². The molecule has 0 saturated heterocycles. The number of benzene rings is 3. The highest BCUT2D eigenvalue weighted by Gasteiger charge is 2.24. The molecule has 210 valence electrons. The highest BCUT2D eigenvalue weighted by molar-refractivity contribution is 7.90. The summed E-state index contributed by atoms with van der Waals surface area (Å²) in [5, 5.41) is 10.4. The number of aromatic hydroxyl groups is 1. The molecule has 3 rings (SSSR count). The second kappa shape index (κ2) is 12.5. The lowest BCUT2D eigenvalue weighted by molar-refractivity contribution is 0.323. The molecular formula is C28H32O10S. The van der Waals surface area contributed by atoms with Crippen molar-refractivity contribution in [3.05, 3.63) is 53.1 Å². The summed E-state index contributed by atoms with van der Waals surface area (Å²) in [4.78, 5) is -0.0244. The van der Waals surface area contributed by atoms with Gasteiger partial charge in [-0.05, 0) is 41.0 Å². The van der Waals surface area contributed by atoms with Crippen LogP contribution < -0.4 is 33.2 Å². The van der Waals surface area contributed by atoms with E-state index in [0.717, 1.165) is 0 Å². The molecule has 0 heterocycles. The van der Waals surface area contributed by atoms with Crippen molar-refractivity contribution in [2.45, 2.75) is 10.6 Å². The Hall–Kier alpha value is -4.25. The van der Waals surface area contributed by atoms with Gasteiger partial charge in [0, 0.05) is 12.1 Å². The normalized spacial score (nSPS) is 11.3. The summed E-state index contributed by atoms with van der Waals surface area (Å²) < 4.78 is 64.5. The summed E-state index contributed by atoms with van der Waals surface area (Å²) in [6, 6.07) is 9.16. The van der Waals surface area contributed by atoms with Crippen LogP contribution in [0.25, 0.3) is 12.2 Å². The van der Waals surface area contributed by atoms with Crippen molar-refractivity contribution < 1.29 is 46.7 Å². The van der Waals surface area contributed by atoms with Crippen LogP contribution in [0.15, 0.2) is 41.3 Å². The van der Waals surface area contributed by atoms with Crippen LogP contribution in [0, 0.1) is 0 Å². The second-order valence-corrected chi connectivity index (χ2v) is 10.1. The van der Waals surface area contributed by atoms with E-state index in [2.05, 4.69) is 0 Å². The molecule has 0 bridgehead atoms. The standard InChI is InChI=1S/C28H32O10S/c1-32-22-13-19(16-39(30,31)20-14-25(35-4)28(38-7)26(15-20)36-5)18(12-21(22)29)9-8-17-10-23(33-2)27(37-6)24(11-17)34-3/h8-15,29H,16H2,1-7H3/b9-8-. The Morgan fingerprint density at radius 1 is 0.615 bits per heavy atom. The van der Waals surface area contributed by atoms with Crippen molar-refractivity contribution >= 4 is 22.0 Å². The molecule has 0 aliphatic carbocycles. The Bertz CT molecular complexity index is 1410. The number of hydrogen-bond acceptors (Lipinski definition) is 10. The van der Waals surface area contributed by atoms with Crippen molar-refractivity contribution in [1.82, 2.24) is 0 Å². The average Bonchev–Trinajstić information content (AvgIpc) is 2.95. The minimum Gasteiger partial charge on any atom is -0.504 e. The Balaban J connectivity index is 2.10. The molecule has 0 spiro atoms. The van der Waals surface area contributed by atoms with E-state index < -0.39 is 15.6 Å². The van der Waals surface area contributed by atoms with Gasteiger partial charge in [0.25, 0.3) is 0 Å². The molecule has 0 radical (unpaired) electrons. The van der Waals surface area contributed by atoms with Crippen LogP contribution in [0.3, 0.4) is 0 Å². The number of phenolic OH excluding ortho intramolecular Hbond substituents is 1. The van der Waals surface area contributed by atoms with Crippen molar-refractivity contribution in [1.29, 1.82) is 0 Å². The van der Waals surface area contributed by atoms with Gasteiger partial charge in [-0.15, -0.1) is 0 Å². The summed E-state index contributed by atoms with van der Waals surface area (Å²) in [5.74, 6) is 1.64. The molecule has 3 aromatic carbocycles. The lowest BCUT2D eigenvalue weighted by Crippen LogP contribution is -2.08. The third-order valence-corrected chi connectivity index (χ3v) is 7.57. The highest BCUT2D eigenvalue weighted by Crippen LogP contribution is 2.41. The van der Waals surface area contributed by atoms with Crippen LogP contribution in [0.1, 0.15) is 16.7 Å². The predicted molar refractivity (Wildman–Crippen MR) is 147 cm³/mol. The Kier molecular flexibility index (Phi) is 9.42. The van der Waals surface area contributed by atoms with Crippen LogP contribution in [-0.4, -0.2) is 63.3 Å². The molecule has 11 heteroatoms. The van der Waals surface area contributed by atoms with Gasteiger partial charge in [-0.25, -0.2) is 8.42 Å². The minimum atomic E-state index is -3.92. The number of rotatable bonds is 12. The number of phenols is 1. The molecule has 10 nitrogen and oxygen atoms in total. The molecule has 0 aliphatic heterocycles. The first kappa shape index (κ1) is 29.3. The smallest absolute Gasteiger partial charge is 0.203 e. The van der Waals surface area contributed by atoms with E-state index in [9.17, 15) is 13.5 Å². The zero-order chi connectivity index (χ0) is 28.7. The Morgan fingerprint density at radius 3 is 1.51 bits per heavy atom. The van der Waals surface area contributed by atoms with Gasteiger partial charge >= 0.3 is 0 Å². The average molecular weight is 561 g/mol. The fourth-order valence-electron chi connectivity index (χ4n) is 3.98. The number of ether oxygens (including phenoxy) is 7. The third-order valence-electron chi connectivity index (χ3n) is 5.93. The van der Waals surface area contributed by atoms with Gasteiger partial charge in [0.1, 0.15) is 0 Å². The molecule has 0 unspecified atom stereocenters. The largest absolute Gasteiger partial charge is 0.504 e. The van der Waals surface area contributed by atoms with Crippen molar-refractivity contribution in [3.8, 4) is 46.0 Å². The summed E-state index contributed by atoms with van der Waals surface area (Å²) in [5.41, 5.74) is 1.54. The van der Waals surface area contributed by atoms with E-state index in [1.807, 2.05) is 0 Å². The quantitative estimate of drug-likeness (QED) is 0.315. The molecule has 0 atom stereocenters. The summed E-state index contributed by atoms with van der Waals surface area (Å²) in [7, 11) is 6.25. The molecule has 0 amide bonds. The minimum absolute atomic E-state index is 0.0244. The fourth-order valence-corrected chi connectivity index (χ4v) is 5.38. The SMILES string of the molecule is COc1cc(CS(=O)(=O)c2cc(OC)c(OC)c(OC)c2)c(/C=C\c2cc(OC)c(OC)c(OC)c2)cc1O. The maximum atomic E-state index is 13.6. The molecule has 3 aromatic rings. The second-order valence-electron chi connectivity index (χ2n) is 8.14. The Labute approximate surface area is 228 Å². The fraction of sp³-hybridized carbons (Fsp3) is 0.286. The van der Waals surface area contributed by atoms with Gasteiger partial charge in [0.2, 0.25) is 11.5 Å². The van der Waals surface area contributed by atoms with Gasteiger partial charge in [0.05, 0.1) is 60.4 Å². The molecule has 39 heavy (non-hydrogen) atoms. The van der Waals surface area contributed by atoms with Gasteiger partial charge in [-0.2, -0.15) is 0 Å². The molecule has 0 aliphatic rings.